The maximum atomic E-state index is 15.0. The molecule has 5 heterocycles. The Labute approximate surface area is 506 Å². The fourth-order valence-electron chi connectivity index (χ4n) is 9.71. The van der Waals surface area contributed by atoms with Crippen molar-refractivity contribution in [3.8, 4) is 21.7 Å². The smallest absolute Gasteiger partial charge is 0.251 e. The molecule has 6 N–H and O–H groups in total. The van der Waals surface area contributed by atoms with E-state index in [1.807, 2.05) is 57.5 Å². The molecule has 20 nitrogen and oxygen atoms in total. The van der Waals surface area contributed by atoms with Crippen LogP contribution < -0.4 is 26.6 Å². The molecule has 9 rings (SSSR count). The van der Waals surface area contributed by atoms with E-state index in [1.165, 1.54) is 23.1 Å². The van der Waals surface area contributed by atoms with E-state index < -0.39 is 41.1 Å². The lowest BCUT2D eigenvalue weighted by Gasteiger charge is -2.35. The normalized spacial score (nSPS) is 15.0. The number of anilines is 2. The number of nitrogens with one attached hydrogen (secondary N) is 5. The van der Waals surface area contributed by atoms with Gasteiger partial charge in [-0.1, -0.05) is 74.0 Å². The van der Waals surface area contributed by atoms with Crippen molar-refractivity contribution in [1.29, 1.82) is 0 Å². The second kappa shape index (κ2) is 29.4. The van der Waals surface area contributed by atoms with Gasteiger partial charge in [0.25, 0.3) is 5.91 Å². The van der Waals surface area contributed by atoms with Gasteiger partial charge in [0.15, 0.2) is 0 Å². The summed E-state index contributed by atoms with van der Waals surface area (Å²) in [5.41, 5.74) is 7.83. The number of ether oxygens (including phenoxy) is 2. The Hall–Kier alpha value is -7.64. The van der Waals surface area contributed by atoms with Crippen LogP contribution in [0.15, 0.2) is 108 Å². The first-order valence-corrected chi connectivity index (χ1v) is 28.9. The van der Waals surface area contributed by atoms with E-state index >= 15 is 0 Å². The summed E-state index contributed by atoms with van der Waals surface area (Å²) in [5.74, 6) is -2.56. The highest BCUT2D eigenvalue weighted by Gasteiger charge is 2.44. The molecule has 3 aromatic heterocycles. The Bertz CT molecular complexity index is 3470. The molecule has 0 unspecified atom stereocenters. The molecule has 1 fully saturated rings. The number of hydrogen-bond donors (Lipinski definition) is 6. The molecule has 4 aromatic carbocycles. The molecule has 2 aliphatic rings. The van der Waals surface area contributed by atoms with Gasteiger partial charge >= 0.3 is 0 Å². The molecule has 448 valence electrons. The number of aliphatic hydroxyl groups is 1. The molecule has 4 amide bonds. The zero-order valence-electron chi connectivity index (χ0n) is 47.4. The average molecular weight is 1220 g/mol. The third-order valence-electron chi connectivity index (χ3n) is 14.1. The quantitative estimate of drug-likeness (QED) is 0.0300. The van der Waals surface area contributed by atoms with E-state index in [0.29, 0.717) is 83.6 Å². The lowest BCUT2D eigenvalue weighted by molar-refractivity contribution is -0.144. The first-order valence-electron chi connectivity index (χ1n) is 27.6. The monoisotopic (exact) mass is 1220 g/mol. The highest BCUT2D eigenvalue weighted by Crippen LogP contribution is 2.35. The van der Waals surface area contributed by atoms with E-state index in [9.17, 15) is 33.1 Å². The maximum Gasteiger partial charge on any atom is 0.251 e. The summed E-state index contributed by atoms with van der Waals surface area (Å²) in [6, 6.07) is 21.6. The van der Waals surface area contributed by atoms with Crippen LogP contribution in [0.4, 0.5) is 20.4 Å². The summed E-state index contributed by atoms with van der Waals surface area (Å²) in [4.78, 5) is 74.2. The SMILES string of the molecule is Cc1ncsc1-c1ccc(CNC(=O)[C@@H]2C[C@@H](O)CN2C(=O)[C@H](NC(=O)CCCNCCn2cc(COCCOCCNC(=O)c3ccc(Nc4ncc5c(n4)-c4ccc(Cl)cc4C(c4c(F)cccc4F)=NC5)cc3)nn2)C(C)(C)C)cc1.Cl. The number of carbonyl (C=O) groups excluding carboxylic acids is 4. The minimum Gasteiger partial charge on any atom is -0.391 e. The number of aryl methyl sites for hydroxylation is 1. The van der Waals surface area contributed by atoms with Gasteiger partial charge in [0, 0.05) is 78.2 Å². The number of hydrogen-bond acceptors (Lipinski definition) is 16. The molecule has 0 bridgehead atoms. The van der Waals surface area contributed by atoms with Gasteiger partial charge in [-0.25, -0.2) is 23.7 Å². The average Bonchev–Trinajstić information content (AvgIpc) is 4.41. The third kappa shape index (κ3) is 16.6. The summed E-state index contributed by atoms with van der Waals surface area (Å²) < 4.78 is 43.0. The molecular formula is C60H67Cl2F2N13O7S. The number of aliphatic hydroxyl groups excluding tert-OH is 1. The van der Waals surface area contributed by atoms with E-state index in [2.05, 4.69) is 51.9 Å². The number of β-amino-alcohol motifs (C(OH)–C–C–N with tert-alkyl or cyclic N) is 1. The molecule has 0 spiro atoms. The number of fused-ring (bicyclic) bond motifs is 3. The second-order valence-electron chi connectivity index (χ2n) is 21.4. The van der Waals surface area contributed by atoms with Crippen molar-refractivity contribution in [3.63, 3.8) is 0 Å². The minimum atomic E-state index is -0.914. The highest BCUT2D eigenvalue weighted by atomic mass is 35.5. The topological polar surface area (TPSA) is 252 Å². The third-order valence-corrected chi connectivity index (χ3v) is 15.3. The Kier molecular flexibility index (Phi) is 22.0. The Morgan fingerprint density at radius 2 is 1.67 bits per heavy atom. The number of benzene rings is 4. The first kappa shape index (κ1) is 63.4. The van der Waals surface area contributed by atoms with Crippen LogP contribution in [0.5, 0.6) is 0 Å². The van der Waals surface area contributed by atoms with Crippen LogP contribution in [0.3, 0.4) is 0 Å². The van der Waals surface area contributed by atoms with Crippen molar-refractivity contribution in [2.75, 3.05) is 51.3 Å². The predicted octanol–water partition coefficient (Wildman–Crippen LogP) is 7.76. The van der Waals surface area contributed by atoms with Crippen LogP contribution in [0.1, 0.15) is 84.0 Å². The van der Waals surface area contributed by atoms with Gasteiger partial charge in [-0.3, -0.25) is 28.9 Å². The number of aromatic nitrogens is 6. The van der Waals surface area contributed by atoms with E-state index in [0.717, 1.165) is 21.7 Å². The maximum absolute atomic E-state index is 15.0. The molecule has 25 heteroatoms. The molecule has 0 radical (unpaired) electrons. The van der Waals surface area contributed by atoms with Crippen molar-refractivity contribution >= 4 is 76.3 Å². The van der Waals surface area contributed by atoms with Crippen LogP contribution in [0.2, 0.25) is 5.02 Å². The Morgan fingerprint density at radius 1 is 0.906 bits per heavy atom. The Balaban J connectivity index is 0.00000940. The molecule has 2 aliphatic heterocycles. The lowest BCUT2D eigenvalue weighted by Crippen LogP contribution is -2.57. The van der Waals surface area contributed by atoms with Crippen molar-refractivity contribution < 1.29 is 42.5 Å². The number of likely N-dealkylation sites (tertiary alicyclic amines) is 1. The molecule has 85 heavy (non-hydrogen) atoms. The lowest BCUT2D eigenvalue weighted by atomic mass is 9.85. The van der Waals surface area contributed by atoms with Gasteiger partial charge in [-0.15, -0.1) is 28.8 Å². The van der Waals surface area contributed by atoms with Crippen LogP contribution in [-0.4, -0.2) is 133 Å². The van der Waals surface area contributed by atoms with Gasteiger partial charge in [0.05, 0.1) is 84.9 Å². The van der Waals surface area contributed by atoms with Crippen molar-refractivity contribution in [3.05, 3.63) is 159 Å². The zero-order chi connectivity index (χ0) is 59.3. The summed E-state index contributed by atoms with van der Waals surface area (Å²) in [5, 5.41) is 34.5. The van der Waals surface area contributed by atoms with Crippen LogP contribution >= 0.6 is 35.3 Å². The molecule has 7 aromatic rings. The number of amides is 4. The minimum absolute atomic E-state index is 0. The van der Waals surface area contributed by atoms with Crippen LogP contribution in [-0.2, 0) is 50.1 Å². The first-order chi connectivity index (χ1) is 40.5. The fraction of sp³-hybridized carbons (Fsp3) is 0.367. The number of nitrogens with zero attached hydrogens (tertiary/aromatic N) is 8. The highest BCUT2D eigenvalue weighted by molar-refractivity contribution is 7.13. The Morgan fingerprint density at radius 3 is 2.41 bits per heavy atom. The number of halogens is 4. The number of aliphatic imine (C=N–C) groups is 1. The summed E-state index contributed by atoms with van der Waals surface area (Å²) >= 11 is 7.93. The van der Waals surface area contributed by atoms with Crippen molar-refractivity contribution in [2.24, 2.45) is 10.4 Å². The van der Waals surface area contributed by atoms with Crippen LogP contribution in [0, 0.1) is 24.0 Å². The van der Waals surface area contributed by atoms with E-state index in [4.69, 9.17) is 26.1 Å². The summed E-state index contributed by atoms with van der Waals surface area (Å²) in [7, 11) is 0. The largest absolute Gasteiger partial charge is 0.391 e. The fourth-order valence-corrected chi connectivity index (χ4v) is 10.7. The standard InChI is InChI=1S/C60H66ClF2N13O7S.ClH/c1-36-54(84-35-69-36)38-12-10-37(11-13-38)29-67-57(80)49-28-44(77)33-76(49)58(81)55(60(2,3)4)71-50(78)9-6-20-64-21-23-75-32-43(73-74-75)34-83-26-25-82-24-22-65-56(79)39-14-17-42(18-15-39)70-59-68-31-40-30-66-53(51-47(62)7-5-8-48(51)63)46-27-41(61)16-19-45(46)52(40)72-59;/h5,7-8,10-19,27,31-32,35,44,49,55,64,77H,6,9,20-26,28-30,33-34H2,1-4H3,(H,65,79)(H,67,80)(H,71,78)(H,68,70,72);1H/t44-,49+,55+;/m1./s1. The van der Waals surface area contributed by atoms with E-state index in [1.54, 1.807) is 70.9 Å². The van der Waals surface area contributed by atoms with Gasteiger partial charge in [0.2, 0.25) is 23.7 Å². The predicted molar refractivity (Wildman–Crippen MR) is 322 cm³/mol. The van der Waals surface area contributed by atoms with Gasteiger partial charge in [-0.05, 0) is 85.0 Å². The number of carbonyl (C=O) groups is 4. The second-order valence-corrected chi connectivity index (χ2v) is 22.7. The van der Waals surface area contributed by atoms with Crippen LogP contribution in [0.25, 0.3) is 21.7 Å². The van der Waals surface area contributed by atoms with Gasteiger partial charge in [-0.2, -0.15) is 0 Å². The van der Waals surface area contributed by atoms with E-state index in [-0.39, 0.29) is 99.6 Å². The molecular weight excluding hydrogens is 1160 g/mol. The molecule has 1 saturated heterocycles. The molecule has 3 atom stereocenters. The summed E-state index contributed by atoms with van der Waals surface area (Å²) in [6.07, 6.45) is 3.34. The van der Waals surface area contributed by atoms with Crippen molar-refractivity contribution in [2.45, 2.75) is 91.4 Å². The van der Waals surface area contributed by atoms with Gasteiger partial charge in [0.1, 0.15) is 29.4 Å². The number of rotatable bonds is 25. The zero-order valence-corrected chi connectivity index (χ0v) is 49.8. The number of thiazole rings is 1. The molecule has 0 aliphatic carbocycles. The van der Waals surface area contributed by atoms with Crippen molar-refractivity contribution in [1.82, 2.24) is 56.1 Å². The molecule has 0 saturated carbocycles. The van der Waals surface area contributed by atoms with Gasteiger partial charge < -0.3 is 46.1 Å². The summed E-state index contributed by atoms with van der Waals surface area (Å²) in [6.45, 7) is 10.9.